The van der Waals surface area contributed by atoms with Crippen LogP contribution in [0, 0.1) is 13.8 Å². The van der Waals surface area contributed by atoms with E-state index in [1.165, 1.54) is 7.11 Å². The Bertz CT molecular complexity index is 1560. The van der Waals surface area contributed by atoms with E-state index >= 15 is 0 Å². The molecular weight excluding hydrogens is 642 g/mol. The quantitative estimate of drug-likeness (QED) is 0.170. The third-order valence-corrected chi connectivity index (χ3v) is 7.32. The number of aliphatic hydroxyl groups is 1. The van der Waals surface area contributed by atoms with Crippen molar-refractivity contribution < 1.29 is 29.3 Å². The van der Waals surface area contributed by atoms with Gasteiger partial charge in [0.1, 0.15) is 17.6 Å². The van der Waals surface area contributed by atoms with Crippen molar-refractivity contribution >= 4 is 49.4 Å². The Balaban J connectivity index is 1.81. The maximum atomic E-state index is 13.1. The second kappa shape index (κ2) is 12.7. The van der Waals surface area contributed by atoms with Crippen LogP contribution in [-0.2, 0) is 11.2 Å². The number of aryl methyl sites for hydroxylation is 2. The Kier molecular flexibility index (Phi) is 9.29. The van der Waals surface area contributed by atoms with E-state index in [4.69, 9.17) is 9.47 Å². The van der Waals surface area contributed by atoms with Gasteiger partial charge in [0.05, 0.1) is 28.2 Å². The molecule has 4 aromatic carbocycles. The SMILES string of the molecule is COc1cc(C(O)c2cccc(C)c2)c(Oc2c(Br)cc(CC(=O)O)cc2Br)cc1NC(=O)c1cccc(C)c1. The lowest BCUT2D eigenvalue weighted by Gasteiger charge is -2.21. The molecule has 206 valence electrons. The van der Waals surface area contributed by atoms with Gasteiger partial charge in [0, 0.05) is 17.2 Å². The molecule has 0 aliphatic rings. The summed E-state index contributed by atoms with van der Waals surface area (Å²) in [6.45, 7) is 3.84. The minimum absolute atomic E-state index is 0.160. The summed E-state index contributed by atoms with van der Waals surface area (Å²) in [5, 5.41) is 23.5. The van der Waals surface area contributed by atoms with Crippen molar-refractivity contribution in [1.29, 1.82) is 0 Å². The van der Waals surface area contributed by atoms with Crippen LogP contribution in [0.15, 0.2) is 81.7 Å². The number of hydrogen-bond donors (Lipinski definition) is 3. The second-order valence-corrected chi connectivity index (χ2v) is 11.0. The van der Waals surface area contributed by atoms with Crippen LogP contribution in [0.3, 0.4) is 0 Å². The number of halogens is 2. The highest BCUT2D eigenvalue weighted by Gasteiger charge is 2.23. The summed E-state index contributed by atoms with van der Waals surface area (Å²) in [5.41, 5.74) is 4.38. The minimum atomic E-state index is -1.07. The highest BCUT2D eigenvalue weighted by atomic mass is 79.9. The Morgan fingerprint density at radius 2 is 1.55 bits per heavy atom. The van der Waals surface area contributed by atoms with E-state index in [0.29, 0.717) is 48.4 Å². The summed E-state index contributed by atoms with van der Waals surface area (Å²) in [6, 6.07) is 21.2. The van der Waals surface area contributed by atoms with Gasteiger partial charge in [-0.25, -0.2) is 0 Å². The number of rotatable bonds is 9. The molecule has 1 amide bonds. The van der Waals surface area contributed by atoms with Crippen LogP contribution < -0.4 is 14.8 Å². The van der Waals surface area contributed by atoms with Gasteiger partial charge < -0.3 is 25.0 Å². The standard InChI is InChI=1S/C31H27Br2NO6/c1-17-6-4-8-20(10-17)29(37)22-15-27(39-3)25(34-31(38)21-9-5-7-18(2)11-21)16-26(22)40-30-23(32)12-19(13-24(30)33)14-28(35)36/h4-13,15-16,29,37H,14H2,1-3H3,(H,34,38)(H,35,36). The van der Waals surface area contributed by atoms with Crippen LogP contribution >= 0.6 is 31.9 Å². The van der Waals surface area contributed by atoms with Crippen molar-refractivity contribution in [2.45, 2.75) is 26.4 Å². The molecule has 7 nitrogen and oxygen atoms in total. The summed E-state index contributed by atoms with van der Waals surface area (Å²) in [6.07, 6.45) is -1.24. The number of aliphatic hydroxyl groups excluding tert-OH is 1. The average molecular weight is 669 g/mol. The zero-order valence-electron chi connectivity index (χ0n) is 22.0. The lowest BCUT2D eigenvalue weighted by Crippen LogP contribution is -2.13. The topological polar surface area (TPSA) is 105 Å². The van der Waals surface area contributed by atoms with E-state index in [1.807, 2.05) is 44.2 Å². The molecule has 40 heavy (non-hydrogen) atoms. The van der Waals surface area contributed by atoms with Crippen LogP contribution in [0.25, 0.3) is 0 Å². The van der Waals surface area contributed by atoms with E-state index in [2.05, 4.69) is 37.2 Å². The van der Waals surface area contributed by atoms with Gasteiger partial charge >= 0.3 is 5.97 Å². The van der Waals surface area contributed by atoms with Gasteiger partial charge in [-0.1, -0.05) is 47.5 Å². The van der Waals surface area contributed by atoms with Crippen LogP contribution in [0.1, 0.15) is 44.3 Å². The van der Waals surface area contributed by atoms with Crippen LogP contribution in [0.5, 0.6) is 17.2 Å². The number of carboxylic acid groups (broad SMARTS) is 1. The molecule has 9 heteroatoms. The highest BCUT2D eigenvalue weighted by molar-refractivity contribution is 9.11. The van der Waals surface area contributed by atoms with Crippen molar-refractivity contribution in [3.8, 4) is 17.2 Å². The third kappa shape index (κ3) is 6.91. The third-order valence-electron chi connectivity index (χ3n) is 6.14. The predicted molar refractivity (Wildman–Crippen MR) is 161 cm³/mol. The Morgan fingerprint density at radius 1 is 0.900 bits per heavy atom. The Morgan fingerprint density at radius 3 is 2.15 bits per heavy atom. The lowest BCUT2D eigenvalue weighted by atomic mass is 9.98. The van der Waals surface area contributed by atoms with Crippen molar-refractivity contribution in [1.82, 2.24) is 0 Å². The number of ether oxygens (including phenoxy) is 2. The van der Waals surface area contributed by atoms with Crippen LogP contribution in [0.4, 0.5) is 5.69 Å². The van der Waals surface area contributed by atoms with Gasteiger partial charge in [-0.3, -0.25) is 9.59 Å². The molecule has 0 spiro atoms. The highest BCUT2D eigenvalue weighted by Crippen LogP contribution is 2.44. The maximum absolute atomic E-state index is 13.1. The zero-order chi connectivity index (χ0) is 29.0. The van der Waals surface area contributed by atoms with E-state index in [1.54, 1.807) is 42.5 Å². The normalized spacial score (nSPS) is 11.6. The number of methoxy groups -OCH3 is 1. The monoisotopic (exact) mass is 667 g/mol. The number of amides is 1. The number of carboxylic acids is 1. The largest absolute Gasteiger partial charge is 0.495 e. The van der Waals surface area contributed by atoms with Crippen molar-refractivity contribution in [2.24, 2.45) is 0 Å². The summed E-state index contributed by atoms with van der Waals surface area (Å²) >= 11 is 6.96. The Hall–Kier alpha value is -3.66. The number of hydrogen-bond acceptors (Lipinski definition) is 5. The van der Waals surface area contributed by atoms with Crippen LogP contribution in [0.2, 0.25) is 0 Å². The summed E-state index contributed by atoms with van der Waals surface area (Å²) in [5.74, 6) is -0.319. The fourth-order valence-electron chi connectivity index (χ4n) is 4.24. The molecule has 0 bridgehead atoms. The van der Waals surface area contributed by atoms with Gasteiger partial charge in [-0.05, 0) is 87.2 Å². The molecule has 4 aromatic rings. The van der Waals surface area contributed by atoms with E-state index < -0.39 is 12.1 Å². The number of benzene rings is 4. The van der Waals surface area contributed by atoms with E-state index in [0.717, 1.165) is 11.1 Å². The molecular formula is C31H27Br2NO6. The number of carbonyl (C=O) groups is 2. The first-order chi connectivity index (χ1) is 19.0. The van der Waals surface area contributed by atoms with Gasteiger partial charge in [-0.2, -0.15) is 0 Å². The first-order valence-corrected chi connectivity index (χ1v) is 13.9. The van der Waals surface area contributed by atoms with E-state index in [-0.39, 0.29) is 18.1 Å². The molecule has 0 radical (unpaired) electrons. The van der Waals surface area contributed by atoms with Gasteiger partial charge in [0.25, 0.3) is 5.91 Å². The summed E-state index contributed by atoms with van der Waals surface area (Å²) < 4.78 is 13.0. The van der Waals surface area contributed by atoms with Crippen molar-refractivity contribution in [3.05, 3.63) is 115 Å². The molecule has 1 unspecified atom stereocenters. The molecule has 4 rings (SSSR count). The summed E-state index contributed by atoms with van der Waals surface area (Å²) in [7, 11) is 1.48. The molecule has 0 saturated carbocycles. The minimum Gasteiger partial charge on any atom is -0.495 e. The smallest absolute Gasteiger partial charge is 0.307 e. The first kappa shape index (κ1) is 29.3. The van der Waals surface area contributed by atoms with Gasteiger partial charge in [0.15, 0.2) is 5.75 Å². The fourth-order valence-corrected chi connectivity index (χ4v) is 5.68. The molecule has 3 N–H and O–H groups in total. The van der Waals surface area contributed by atoms with Gasteiger partial charge in [0.2, 0.25) is 0 Å². The van der Waals surface area contributed by atoms with Crippen molar-refractivity contribution in [3.63, 3.8) is 0 Å². The number of carbonyl (C=O) groups excluding carboxylic acids is 1. The molecule has 0 fully saturated rings. The maximum Gasteiger partial charge on any atom is 0.307 e. The molecule has 0 saturated heterocycles. The number of aliphatic carboxylic acids is 1. The average Bonchev–Trinajstić information content (AvgIpc) is 2.90. The molecule has 0 aliphatic carbocycles. The fraction of sp³-hybridized carbons (Fsp3) is 0.161. The number of nitrogens with one attached hydrogen (secondary N) is 1. The molecule has 0 heterocycles. The molecule has 1 atom stereocenters. The predicted octanol–water partition coefficient (Wildman–Crippen LogP) is 7.59. The Labute approximate surface area is 249 Å². The van der Waals surface area contributed by atoms with Gasteiger partial charge in [-0.15, -0.1) is 0 Å². The summed E-state index contributed by atoms with van der Waals surface area (Å²) in [4.78, 5) is 24.3. The zero-order valence-corrected chi connectivity index (χ0v) is 25.2. The van der Waals surface area contributed by atoms with Crippen LogP contribution in [-0.4, -0.2) is 29.2 Å². The molecule has 0 aliphatic heterocycles. The molecule has 0 aromatic heterocycles. The lowest BCUT2D eigenvalue weighted by molar-refractivity contribution is -0.136. The van der Waals surface area contributed by atoms with Crippen molar-refractivity contribution in [2.75, 3.05) is 12.4 Å². The van der Waals surface area contributed by atoms with E-state index in [9.17, 15) is 19.8 Å². The second-order valence-electron chi connectivity index (χ2n) is 9.29. The first-order valence-electron chi connectivity index (χ1n) is 12.3. The number of anilines is 1.